The summed E-state index contributed by atoms with van der Waals surface area (Å²) >= 11 is 14.3. The van der Waals surface area contributed by atoms with Crippen molar-refractivity contribution in [3.63, 3.8) is 0 Å². The van der Waals surface area contributed by atoms with Gasteiger partial charge in [0.1, 0.15) is 0 Å². The minimum absolute atomic E-state index is 0.194. The van der Waals surface area contributed by atoms with Crippen LogP contribution in [0.5, 0.6) is 0 Å². The maximum absolute atomic E-state index is 13.5. The molecule has 46 heavy (non-hydrogen) atoms. The second-order valence-electron chi connectivity index (χ2n) is 9.02. The van der Waals surface area contributed by atoms with E-state index in [1.165, 1.54) is 12.4 Å². The van der Waals surface area contributed by atoms with Gasteiger partial charge in [-0.2, -0.15) is 10.2 Å². The Kier molecular flexibility index (Phi) is 16.8. The predicted molar refractivity (Wildman–Crippen MR) is 193 cm³/mol. The number of halogens is 2. The fourth-order valence-corrected chi connectivity index (χ4v) is 11.0. The van der Waals surface area contributed by atoms with Gasteiger partial charge in [-0.1, -0.05) is 59.6 Å². The van der Waals surface area contributed by atoms with Crippen LogP contribution in [0.2, 0.25) is 10.0 Å². The molecule has 0 atom stereocenters. The molecule has 0 N–H and O–H groups in total. The minimum Gasteiger partial charge on any atom is -0.346 e. The highest BCUT2D eigenvalue weighted by Crippen LogP contribution is 2.62. The first-order chi connectivity index (χ1) is 22.2. The van der Waals surface area contributed by atoms with Crippen LogP contribution in [0.4, 0.5) is 0 Å². The van der Waals surface area contributed by atoms with Gasteiger partial charge >= 0.3 is 13.6 Å². The largest absolute Gasteiger partial charge is 0.396 e. The van der Waals surface area contributed by atoms with Crippen LogP contribution in [0.25, 0.3) is 0 Å². The molecule has 1 aliphatic heterocycles. The molecule has 1 heterocycles. The summed E-state index contributed by atoms with van der Waals surface area (Å²) in [5, 5.41) is 19.1. The Morgan fingerprint density at radius 2 is 1.00 bits per heavy atom. The van der Waals surface area contributed by atoms with Crippen LogP contribution in [-0.4, -0.2) is 85.2 Å². The lowest BCUT2D eigenvalue weighted by atomic mass is 10.2. The molecule has 3 rings (SSSR count). The van der Waals surface area contributed by atoms with Crippen molar-refractivity contribution in [2.24, 2.45) is 20.4 Å². The molecule has 1 saturated heterocycles. The zero-order valence-electron chi connectivity index (χ0n) is 26.0. The van der Waals surface area contributed by atoms with Gasteiger partial charge in [0.15, 0.2) is 10.3 Å². The molecule has 0 bridgehead atoms. The highest BCUT2D eigenvalue weighted by atomic mass is 35.5. The fourth-order valence-electron chi connectivity index (χ4n) is 3.82. The van der Waals surface area contributed by atoms with Crippen LogP contribution in [-0.2, 0) is 27.2 Å². The fraction of sp³-hybridized carbons (Fsp3) is 0.429. The molecule has 0 unspecified atom stereocenters. The zero-order valence-corrected chi connectivity index (χ0v) is 31.0. The Hall–Kier alpha value is -1.70. The molecule has 0 saturated carbocycles. The summed E-state index contributed by atoms with van der Waals surface area (Å²) in [6, 6.07) is 14.5. The number of rotatable bonds is 14. The van der Waals surface area contributed by atoms with Crippen molar-refractivity contribution in [2.45, 2.75) is 27.7 Å². The van der Waals surface area contributed by atoms with Crippen molar-refractivity contribution >= 4 is 82.3 Å². The van der Waals surface area contributed by atoms with Crippen LogP contribution in [0.3, 0.4) is 0 Å². The molecule has 18 heteroatoms. The Morgan fingerprint density at radius 3 is 1.30 bits per heavy atom. The van der Waals surface area contributed by atoms with Crippen LogP contribution < -0.4 is 0 Å². The van der Waals surface area contributed by atoms with Gasteiger partial charge in [0.05, 0.1) is 38.9 Å². The van der Waals surface area contributed by atoms with Gasteiger partial charge in [-0.05, 0) is 39.8 Å². The average molecular weight is 752 g/mol. The summed E-state index contributed by atoms with van der Waals surface area (Å²) in [5.74, 6) is 0. The lowest BCUT2D eigenvalue weighted by Crippen LogP contribution is -2.49. The maximum atomic E-state index is 13.5. The molecule has 0 radical (unpaired) electrons. The van der Waals surface area contributed by atoms with E-state index in [2.05, 4.69) is 20.4 Å². The van der Waals surface area contributed by atoms with Crippen LogP contribution in [0, 0.1) is 0 Å². The smallest absolute Gasteiger partial charge is 0.346 e. The van der Waals surface area contributed by atoms with Crippen LogP contribution in [0.15, 0.2) is 68.9 Å². The zero-order chi connectivity index (χ0) is 33.4. The Bertz CT molecular complexity index is 1360. The van der Waals surface area contributed by atoms with Crippen molar-refractivity contribution in [1.29, 1.82) is 0 Å². The quantitative estimate of drug-likeness (QED) is 0.0803. The van der Waals surface area contributed by atoms with Crippen molar-refractivity contribution < 1.29 is 27.2 Å². The van der Waals surface area contributed by atoms with E-state index < -0.39 is 13.6 Å². The Morgan fingerprint density at radius 1 is 0.674 bits per heavy atom. The Balaban J connectivity index is 1.88. The molecule has 1 aliphatic rings. The van der Waals surface area contributed by atoms with Crippen molar-refractivity contribution in [2.75, 3.05) is 52.6 Å². The van der Waals surface area contributed by atoms with Gasteiger partial charge in [-0.25, -0.2) is 9.13 Å². The maximum Gasteiger partial charge on any atom is 0.396 e. The first kappa shape index (κ1) is 38.7. The lowest BCUT2D eigenvalue weighted by Gasteiger charge is -2.37. The summed E-state index contributed by atoms with van der Waals surface area (Å²) in [7, 11) is 0. The molecular weight excluding hydrogens is 713 g/mol. The monoisotopic (exact) mass is 750 g/mol. The summed E-state index contributed by atoms with van der Waals surface area (Å²) in [6.45, 7) is 2.27. The number of benzene rings is 2. The third-order valence-corrected chi connectivity index (χ3v) is 13.9. The van der Waals surface area contributed by atoms with Gasteiger partial charge in [-0.15, -0.1) is 10.2 Å². The normalized spacial score (nSPS) is 15.4. The second kappa shape index (κ2) is 20.0. The topological polar surface area (TPSA) is 127 Å². The SMILES string of the molecule is CCOP(=O)(OCC)S/C(=N/N=C/c1ccccc1Cl)N1CCN(/C(=N\N=C\c2ccccc2Cl)SP(=O)(OCC)OCC)CC1. The molecule has 252 valence electrons. The first-order valence-corrected chi connectivity index (χ1v) is 21.2. The standard InChI is InChI=1S/C28H38Cl2N6O6P2S2/c1-5-39-43(37,40-6-2)45-27(33-31-21-23-13-9-11-15-25(23)29)35-17-19-36(20-18-35)28(46-44(38,41-7-3)42-8-4)34-32-22-24-14-10-12-16-26(24)30/h9-16,21-22H,5-8,17-20H2,1-4H3/b31-21+,32-22+,33-27+,34-28+. The summed E-state index contributed by atoms with van der Waals surface area (Å²) < 4.78 is 49.1. The molecule has 0 aliphatic carbocycles. The first-order valence-electron chi connectivity index (χ1n) is 14.5. The van der Waals surface area contributed by atoms with Crippen LogP contribution >= 0.6 is 59.6 Å². The molecule has 0 amide bonds. The van der Waals surface area contributed by atoms with E-state index in [0.29, 0.717) is 57.7 Å². The number of nitrogens with zero attached hydrogens (tertiary/aromatic N) is 6. The lowest BCUT2D eigenvalue weighted by molar-refractivity contribution is 0.235. The van der Waals surface area contributed by atoms with Gasteiger partial charge in [0.2, 0.25) is 0 Å². The third kappa shape index (κ3) is 12.4. The number of amidine groups is 2. The summed E-state index contributed by atoms with van der Waals surface area (Å²) in [4.78, 5) is 3.85. The highest BCUT2D eigenvalue weighted by Gasteiger charge is 2.35. The van der Waals surface area contributed by atoms with E-state index >= 15 is 0 Å². The number of piperazine rings is 1. The van der Waals surface area contributed by atoms with E-state index in [0.717, 1.165) is 22.8 Å². The number of hydrogen-bond acceptors (Lipinski definition) is 12. The van der Waals surface area contributed by atoms with Crippen molar-refractivity contribution in [1.82, 2.24) is 9.80 Å². The second-order valence-corrected chi connectivity index (χ2v) is 17.5. The van der Waals surface area contributed by atoms with Gasteiger partial charge < -0.3 is 27.9 Å². The molecule has 0 aromatic heterocycles. The van der Waals surface area contributed by atoms with Gasteiger partial charge in [-0.3, -0.25) is 0 Å². The third-order valence-electron chi connectivity index (χ3n) is 5.85. The summed E-state index contributed by atoms with van der Waals surface area (Å²) in [6.07, 6.45) is 3.06. The molecular formula is C28H38Cl2N6O6P2S2. The minimum atomic E-state index is -3.59. The Labute approximate surface area is 288 Å². The van der Waals surface area contributed by atoms with Crippen molar-refractivity contribution in [3.8, 4) is 0 Å². The number of hydrogen-bond donors (Lipinski definition) is 0. The van der Waals surface area contributed by atoms with E-state index in [1.807, 2.05) is 46.2 Å². The van der Waals surface area contributed by atoms with Crippen molar-refractivity contribution in [3.05, 3.63) is 69.7 Å². The molecule has 1 fully saturated rings. The highest BCUT2D eigenvalue weighted by molar-refractivity contribution is 8.62. The van der Waals surface area contributed by atoms with E-state index in [1.54, 1.807) is 39.8 Å². The summed E-state index contributed by atoms with van der Waals surface area (Å²) in [5.41, 5.74) is 1.37. The molecule has 2 aromatic rings. The van der Waals surface area contributed by atoms with E-state index in [4.69, 9.17) is 41.3 Å². The van der Waals surface area contributed by atoms with E-state index in [9.17, 15) is 9.13 Å². The van der Waals surface area contributed by atoms with Crippen LogP contribution in [0.1, 0.15) is 38.8 Å². The van der Waals surface area contributed by atoms with Gasteiger partial charge in [0.25, 0.3) is 0 Å². The average Bonchev–Trinajstić information content (AvgIpc) is 3.02. The molecule has 12 nitrogen and oxygen atoms in total. The van der Waals surface area contributed by atoms with E-state index in [-0.39, 0.29) is 26.4 Å². The van der Waals surface area contributed by atoms with Gasteiger partial charge in [0, 0.05) is 70.1 Å². The predicted octanol–water partition coefficient (Wildman–Crippen LogP) is 8.52. The molecule has 2 aromatic carbocycles. The molecule has 0 spiro atoms.